The number of ether oxygens (including phenoxy) is 2. The lowest BCUT2D eigenvalue weighted by atomic mass is 10.00. The SMILES string of the molecule is CCCCCCCCCCCCCCC1(C(=O)O[C@@H](C=O)[C@@H](O)[C@H](O)[C@H](O)CO)CO1. The van der Waals surface area contributed by atoms with Crippen LogP contribution in [0.25, 0.3) is 0 Å². The molecule has 5 atom stereocenters. The van der Waals surface area contributed by atoms with Gasteiger partial charge in [0.15, 0.2) is 18.0 Å². The molecule has 1 aliphatic rings. The van der Waals surface area contributed by atoms with Crippen molar-refractivity contribution in [1.82, 2.24) is 0 Å². The van der Waals surface area contributed by atoms with Gasteiger partial charge >= 0.3 is 5.97 Å². The summed E-state index contributed by atoms with van der Waals surface area (Å²) in [6.07, 6.45) is 8.22. The second-order valence-corrected chi connectivity index (χ2v) is 8.66. The van der Waals surface area contributed by atoms with Gasteiger partial charge in [-0.2, -0.15) is 0 Å². The number of rotatable bonds is 20. The Balaban J connectivity index is 2.19. The van der Waals surface area contributed by atoms with Crippen LogP contribution in [0.15, 0.2) is 0 Å². The Bertz CT molecular complexity index is 494. The minimum absolute atomic E-state index is 0.190. The van der Waals surface area contributed by atoms with E-state index in [2.05, 4.69) is 6.92 Å². The molecular formula is C23H42O8. The van der Waals surface area contributed by atoms with Crippen LogP contribution in [0.1, 0.15) is 90.4 Å². The minimum Gasteiger partial charge on any atom is -0.450 e. The second kappa shape index (κ2) is 15.7. The first-order valence-electron chi connectivity index (χ1n) is 11.9. The first kappa shape index (κ1) is 28.0. The van der Waals surface area contributed by atoms with Crippen molar-refractivity contribution in [3.05, 3.63) is 0 Å². The highest BCUT2D eigenvalue weighted by Crippen LogP contribution is 2.35. The summed E-state index contributed by atoms with van der Waals surface area (Å²) in [5.41, 5.74) is -1.08. The van der Waals surface area contributed by atoms with Crippen LogP contribution in [-0.4, -0.2) is 75.9 Å². The van der Waals surface area contributed by atoms with Gasteiger partial charge in [-0.3, -0.25) is 4.79 Å². The van der Waals surface area contributed by atoms with Crippen molar-refractivity contribution >= 4 is 12.3 Å². The van der Waals surface area contributed by atoms with Crippen LogP contribution in [0.2, 0.25) is 0 Å². The van der Waals surface area contributed by atoms with Gasteiger partial charge in [0.05, 0.1) is 13.2 Å². The fourth-order valence-corrected chi connectivity index (χ4v) is 3.64. The van der Waals surface area contributed by atoms with Crippen molar-refractivity contribution in [1.29, 1.82) is 0 Å². The number of esters is 1. The minimum atomic E-state index is -1.84. The largest absolute Gasteiger partial charge is 0.450 e. The lowest BCUT2D eigenvalue weighted by Crippen LogP contribution is -2.49. The van der Waals surface area contributed by atoms with Gasteiger partial charge in [0, 0.05) is 0 Å². The highest BCUT2D eigenvalue weighted by Gasteiger charge is 2.54. The molecule has 1 aliphatic heterocycles. The van der Waals surface area contributed by atoms with Gasteiger partial charge in [0.1, 0.15) is 18.3 Å². The van der Waals surface area contributed by atoms with Crippen LogP contribution < -0.4 is 0 Å². The summed E-state index contributed by atoms with van der Waals surface area (Å²) in [7, 11) is 0. The predicted molar refractivity (Wildman–Crippen MR) is 115 cm³/mol. The summed E-state index contributed by atoms with van der Waals surface area (Å²) in [5.74, 6) is -0.752. The van der Waals surface area contributed by atoms with Gasteiger partial charge in [-0.15, -0.1) is 0 Å². The Hall–Kier alpha value is -1.06. The molecule has 0 aromatic heterocycles. The molecule has 0 radical (unpaired) electrons. The quantitative estimate of drug-likeness (QED) is 0.0965. The normalized spacial score (nSPS) is 21.8. The molecule has 1 rings (SSSR count). The summed E-state index contributed by atoms with van der Waals surface area (Å²) in [5, 5.41) is 37.9. The molecule has 1 saturated heterocycles. The molecule has 1 heterocycles. The van der Waals surface area contributed by atoms with Gasteiger partial charge in [0.2, 0.25) is 0 Å². The topological polar surface area (TPSA) is 137 Å². The van der Waals surface area contributed by atoms with Crippen LogP contribution in [0, 0.1) is 0 Å². The lowest BCUT2D eigenvalue weighted by Gasteiger charge is -2.26. The van der Waals surface area contributed by atoms with Crippen molar-refractivity contribution in [2.45, 2.75) is 120 Å². The Labute approximate surface area is 185 Å². The Morgan fingerprint density at radius 2 is 1.42 bits per heavy atom. The first-order chi connectivity index (χ1) is 14.9. The Morgan fingerprint density at radius 1 is 0.935 bits per heavy atom. The number of epoxide rings is 1. The van der Waals surface area contributed by atoms with E-state index >= 15 is 0 Å². The zero-order chi connectivity index (χ0) is 23.1. The monoisotopic (exact) mass is 446 g/mol. The van der Waals surface area contributed by atoms with Gasteiger partial charge in [-0.1, -0.05) is 77.6 Å². The maximum atomic E-state index is 12.4. The molecule has 1 unspecified atom stereocenters. The maximum Gasteiger partial charge on any atom is 0.341 e. The van der Waals surface area contributed by atoms with E-state index in [1.54, 1.807) is 0 Å². The molecule has 0 aromatic rings. The standard InChI is InChI=1S/C23H42O8/c1-2-3-4-5-6-7-8-9-10-11-12-13-14-23(17-30-23)22(29)31-19(16-25)21(28)20(27)18(26)15-24/h16,18-21,24,26-28H,2-15,17H2,1H3/t18-,19+,20-,21-,23?/m1/s1. The van der Waals surface area contributed by atoms with E-state index < -0.39 is 42.6 Å². The van der Waals surface area contributed by atoms with E-state index in [9.17, 15) is 24.9 Å². The van der Waals surface area contributed by atoms with Gasteiger partial charge in [0.25, 0.3) is 0 Å². The fourth-order valence-electron chi connectivity index (χ4n) is 3.64. The molecule has 0 amide bonds. The van der Waals surface area contributed by atoms with Crippen LogP contribution in [0.5, 0.6) is 0 Å². The first-order valence-corrected chi connectivity index (χ1v) is 11.9. The van der Waals surface area contributed by atoms with Crippen molar-refractivity contribution in [2.75, 3.05) is 13.2 Å². The van der Waals surface area contributed by atoms with E-state index in [4.69, 9.17) is 14.6 Å². The maximum absolute atomic E-state index is 12.4. The number of carbonyl (C=O) groups excluding carboxylic acids is 2. The van der Waals surface area contributed by atoms with E-state index in [0.717, 1.165) is 19.3 Å². The number of hydrogen-bond donors (Lipinski definition) is 4. The van der Waals surface area contributed by atoms with Crippen LogP contribution in [0.4, 0.5) is 0 Å². The third kappa shape index (κ3) is 10.4. The number of carbonyl (C=O) groups is 2. The predicted octanol–water partition coefficient (Wildman–Crippen LogP) is 2.03. The number of unbranched alkanes of at least 4 members (excludes halogenated alkanes) is 11. The van der Waals surface area contributed by atoms with E-state index in [1.165, 1.54) is 57.8 Å². The average molecular weight is 447 g/mol. The highest BCUT2D eigenvalue weighted by molar-refractivity contribution is 5.84. The smallest absolute Gasteiger partial charge is 0.341 e. The number of aliphatic hydroxyl groups excluding tert-OH is 4. The molecule has 4 N–H and O–H groups in total. The fraction of sp³-hybridized carbons (Fsp3) is 0.913. The molecule has 0 spiro atoms. The molecule has 0 bridgehead atoms. The Kier molecular flexibility index (Phi) is 14.2. The van der Waals surface area contributed by atoms with Crippen LogP contribution >= 0.6 is 0 Å². The van der Waals surface area contributed by atoms with Gasteiger partial charge in [-0.05, 0) is 12.8 Å². The summed E-state index contributed by atoms with van der Waals surface area (Å²) in [4.78, 5) is 23.6. The number of aliphatic hydroxyl groups is 4. The Morgan fingerprint density at radius 3 is 1.84 bits per heavy atom. The summed E-state index contributed by atoms with van der Waals surface area (Å²) in [6.45, 7) is 1.63. The molecule has 8 nitrogen and oxygen atoms in total. The van der Waals surface area contributed by atoms with Crippen LogP contribution in [-0.2, 0) is 19.1 Å². The summed E-state index contributed by atoms with van der Waals surface area (Å²) < 4.78 is 10.3. The summed E-state index contributed by atoms with van der Waals surface area (Å²) in [6, 6.07) is 0. The zero-order valence-electron chi connectivity index (χ0n) is 18.9. The summed E-state index contributed by atoms with van der Waals surface area (Å²) >= 11 is 0. The molecule has 8 heteroatoms. The molecule has 0 aromatic carbocycles. The second-order valence-electron chi connectivity index (χ2n) is 8.66. The van der Waals surface area contributed by atoms with Crippen molar-refractivity contribution < 1.29 is 39.5 Å². The third-order valence-corrected chi connectivity index (χ3v) is 5.94. The number of aldehydes is 1. The van der Waals surface area contributed by atoms with Crippen molar-refractivity contribution in [2.24, 2.45) is 0 Å². The lowest BCUT2D eigenvalue weighted by molar-refractivity contribution is -0.173. The molecule has 0 aliphatic carbocycles. The van der Waals surface area contributed by atoms with Crippen molar-refractivity contribution in [3.63, 3.8) is 0 Å². The molecular weight excluding hydrogens is 404 g/mol. The van der Waals surface area contributed by atoms with E-state index in [-0.39, 0.29) is 12.9 Å². The molecule has 31 heavy (non-hydrogen) atoms. The highest BCUT2D eigenvalue weighted by atomic mass is 16.6. The van der Waals surface area contributed by atoms with E-state index in [0.29, 0.717) is 6.42 Å². The van der Waals surface area contributed by atoms with Crippen molar-refractivity contribution in [3.8, 4) is 0 Å². The van der Waals surface area contributed by atoms with Crippen LogP contribution in [0.3, 0.4) is 0 Å². The molecule has 1 fully saturated rings. The molecule has 0 saturated carbocycles. The molecule has 182 valence electrons. The third-order valence-electron chi connectivity index (χ3n) is 5.94. The van der Waals surface area contributed by atoms with E-state index in [1.807, 2.05) is 0 Å². The zero-order valence-corrected chi connectivity index (χ0v) is 18.9. The van der Waals surface area contributed by atoms with Gasteiger partial charge in [-0.25, -0.2) is 4.79 Å². The van der Waals surface area contributed by atoms with Gasteiger partial charge < -0.3 is 29.9 Å². The number of hydrogen-bond acceptors (Lipinski definition) is 8. The average Bonchev–Trinajstić information content (AvgIpc) is 3.57.